The third-order valence-corrected chi connectivity index (χ3v) is 7.93. The maximum Gasteiger partial charge on any atom is 0.244 e. The Morgan fingerprint density at radius 2 is 1.54 bits per heavy atom. The summed E-state index contributed by atoms with van der Waals surface area (Å²) in [5.74, 6) is -0.737. The van der Waals surface area contributed by atoms with Crippen molar-refractivity contribution in [3.05, 3.63) is 99.5 Å². The predicted octanol–water partition coefficient (Wildman–Crippen LogP) is 5.00. The Hall–Kier alpha value is -3.17. The quantitative estimate of drug-likeness (QED) is 0.311. The third kappa shape index (κ3) is 8.93. The second-order valence-electron chi connectivity index (χ2n) is 9.76. The zero-order chi connectivity index (χ0) is 28.6. The molecule has 0 aliphatic heterocycles. The lowest BCUT2D eigenvalue weighted by Gasteiger charge is -2.33. The van der Waals surface area contributed by atoms with E-state index in [0.29, 0.717) is 18.7 Å². The molecule has 208 valence electrons. The van der Waals surface area contributed by atoms with Gasteiger partial charge in [0.05, 0.1) is 11.9 Å². The number of halogens is 1. The average molecular weight is 615 g/mol. The number of nitrogens with one attached hydrogen (secondary N) is 1. The van der Waals surface area contributed by atoms with Crippen LogP contribution in [-0.4, -0.2) is 50.5 Å². The van der Waals surface area contributed by atoms with Crippen molar-refractivity contribution in [2.24, 2.45) is 0 Å². The molecule has 3 aromatic rings. The molecule has 39 heavy (non-hydrogen) atoms. The van der Waals surface area contributed by atoms with Gasteiger partial charge in [0.25, 0.3) is 0 Å². The van der Waals surface area contributed by atoms with Gasteiger partial charge in [-0.15, -0.1) is 0 Å². The van der Waals surface area contributed by atoms with Crippen LogP contribution < -0.4 is 9.62 Å². The van der Waals surface area contributed by atoms with Crippen LogP contribution in [0.25, 0.3) is 0 Å². The van der Waals surface area contributed by atoms with Crippen LogP contribution in [-0.2, 0) is 32.6 Å². The summed E-state index contributed by atoms with van der Waals surface area (Å²) in [6.45, 7) is 5.92. The highest BCUT2D eigenvalue weighted by Gasteiger charge is 2.33. The number of rotatable bonds is 12. The molecule has 9 heteroatoms. The first kappa shape index (κ1) is 30.4. The van der Waals surface area contributed by atoms with Gasteiger partial charge in [-0.05, 0) is 66.8 Å². The average Bonchev–Trinajstić information content (AvgIpc) is 2.88. The molecule has 0 radical (unpaired) electrons. The van der Waals surface area contributed by atoms with Gasteiger partial charge in [-0.3, -0.25) is 13.9 Å². The van der Waals surface area contributed by atoms with E-state index in [4.69, 9.17) is 0 Å². The lowest BCUT2D eigenvalue weighted by molar-refractivity contribution is -0.140. The maximum absolute atomic E-state index is 14.1. The number of hydrogen-bond donors (Lipinski definition) is 1. The maximum atomic E-state index is 14.1. The van der Waals surface area contributed by atoms with Crippen molar-refractivity contribution in [1.82, 2.24) is 10.2 Å². The van der Waals surface area contributed by atoms with E-state index in [1.807, 2.05) is 81.4 Å². The van der Waals surface area contributed by atoms with Gasteiger partial charge in [-0.25, -0.2) is 8.42 Å². The minimum atomic E-state index is -3.80. The zero-order valence-electron chi connectivity index (χ0n) is 22.9. The van der Waals surface area contributed by atoms with Gasteiger partial charge < -0.3 is 10.2 Å². The van der Waals surface area contributed by atoms with Gasteiger partial charge in [0, 0.05) is 24.0 Å². The van der Waals surface area contributed by atoms with E-state index in [0.717, 1.165) is 43.7 Å². The molecule has 0 bridgehead atoms. The first-order valence-corrected chi connectivity index (χ1v) is 15.5. The topological polar surface area (TPSA) is 86.8 Å². The normalized spacial score (nSPS) is 12.0. The number of nitrogens with zero attached hydrogens (tertiary/aromatic N) is 2. The van der Waals surface area contributed by atoms with Gasteiger partial charge in [-0.2, -0.15) is 0 Å². The molecular formula is C30H36BrN3O4S. The molecule has 7 nitrogen and oxygen atoms in total. The smallest absolute Gasteiger partial charge is 0.244 e. The van der Waals surface area contributed by atoms with Crippen molar-refractivity contribution < 1.29 is 18.0 Å². The lowest BCUT2D eigenvalue weighted by Crippen LogP contribution is -2.53. The molecule has 0 aromatic heterocycles. The van der Waals surface area contributed by atoms with Crippen LogP contribution in [0.2, 0.25) is 0 Å². The molecule has 1 N–H and O–H groups in total. The first-order valence-electron chi connectivity index (χ1n) is 12.9. The molecule has 2 amide bonds. The fourth-order valence-corrected chi connectivity index (χ4v) is 5.51. The Labute approximate surface area is 240 Å². The summed E-state index contributed by atoms with van der Waals surface area (Å²) in [5.41, 5.74) is 3.92. The van der Waals surface area contributed by atoms with Crippen LogP contribution >= 0.6 is 15.9 Å². The van der Waals surface area contributed by atoms with Crippen molar-refractivity contribution in [1.29, 1.82) is 0 Å². The highest BCUT2D eigenvalue weighted by Crippen LogP contribution is 2.23. The summed E-state index contributed by atoms with van der Waals surface area (Å²) in [6.07, 6.45) is 2.13. The second kappa shape index (κ2) is 13.8. The number of hydrogen-bond acceptors (Lipinski definition) is 4. The fraction of sp³-hybridized carbons (Fsp3) is 0.333. The van der Waals surface area contributed by atoms with E-state index in [1.165, 1.54) is 4.90 Å². The Bertz CT molecular complexity index is 1360. The van der Waals surface area contributed by atoms with Crippen LogP contribution in [0, 0.1) is 13.8 Å². The van der Waals surface area contributed by atoms with Crippen molar-refractivity contribution in [2.75, 3.05) is 23.7 Å². The first-order chi connectivity index (χ1) is 18.5. The summed E-state index contributed by atoms with van der Waals surface area (Å²) in [5, 5.41) is 2.94. The van der Waals surface area contributed by atoms with Crippen molar-refractivity contribution >= 4 is 43.5 Å². The lowest BCUT2D eigenvalue weighted by atomic mass is 10.0. The molecular weight excluding hydrogens is 578 g/mol. The van der Waals surface area contributed by atoms with E-state index in [-0.39, 0.29) is 12.5 Å². The van der Waals surface area contributed by atoms with Crippen LogP contribution in [0.4, 0.5) is 5.69 Å². The highest BCUT2D eigenvalue weighted by atomic mass is 79.9. The van der Waals surface area contributed by atoms with Gasteiger partial charge in [0.15, 0.2) is 0 Å². The van der Waals surface area contributed by atoms with Crippen molar-refractivity contribution in [3.63, 3.8) is 0 Å². The number of benzene rings is 3. The molecule has 0 spiro atoms. The molecule has 0 aliphatic carbocycles. The summed E-state index contributed by atoms with van der Waals surface area (Å²) in [4.78, 5) is 29.1. The SMILES string of the molecule is CCCNC(=O)[C@H](Cc1ccccc1)N(Cc1ccc(Br)cc1)C(=O)CN(c1cc(C)cc(C)c1)S(C)(=O)=O. The van der Waals surface area contributed by atoms with E-state index >= 15 is 0 Å². The van der Waals surface area contributed by atoms with E-state index in [1.54, 1.807) is 12.1 Å². The monoisotopic (exact) mass is 613 g/mol. The summed E-state index contributed by atoms with van der Waals surface area (Å²) < 4.78 is 27.8. The molecule has 0 saturated heterocycles. The molecule has 0 saturated carbocycles. The van der Waals surface area contributed by atoms with Crippen LogP contribution in [0.1, 0.15) is 35.6 Å². The number of carbonyl (C=O) groups is 2. The van der Waals surface area contributed by atoms with Gasteiger partial charge >= 0.3 is 0 Å². The van der Waals surface area contributed by atoms with E-state index < -0.39 is 28.5 Å². The standard InChI is InChI=1S/C30H36BrN3O4S/c1-5-15-32-30(36)28(19-24-9-7-6-8-10-24)33(20-25-11-13-26(31)14-12-25)29(35)21-34(39(4,37)38)27-17-22(2)16-23(3)18-27/h6-14,16-18,28H,5,15,19-21H2,1-4H3,(H,32,36)/t28-/m0/s1. The summed E-state index contributed by atoms with van der Waals surface area (Å²) >= 11 is 3.44. The molecule has 3 rings (SSSR count). The van der Waals surface area contributed by atoms with Gasteiger partial charge in [0.2, 0.25) is 21.8 Å². The van der Waals surface area contributed by atoms with E-state index in [9.17, 15) is 18.0 Å². The van der Waals surface area contributed by atoms with Crippen LogP contribution in [0.3, 0.4) is 0 Å². The molecule has 0 heterocycles. The van der Waals surface area contributed by atoms with Crippen LogP contribution in [0.15, 0.2) is 77.3 Å². The molecule has 0 unspecified atom stereocenters. The predicted molar refractivity (Wildman–Crippen MR) is 160 cm³/mol. The largest absolute Gasteiger partial charge is 0.354 e. The Balaban J connectivity index is 2.05. The van der Waals surface area contributed by atoms with Crippen molar-refractivity contribution in [2.45, 2.75) is 46.2 Å². The van der Waals surface area contributed by atoms with Crippen molar-refractivity contribution in [3.8, 4) is 0 Å². The number of amides is 2. The number of carbonyl (C=O) groups excluding carboxylic acids is 2. The minimum absolute atomic E-state index is 0.146. The highest BCUT2D eigenvalue weighted by molar-refractivity contribution is 9.10. The minimum Gasteiger partial charge on any atom is -0.354 e. The number of sulfonamides is 1. The molecule has 3 aromatic carbocycles. The van der Waals surface area contributed by atoms with Crippen LogP contribution in [0.5, 0.6) is 0 Å². The third-order valence-electron chi connectivity index (χ3n) is 6.26. The Kier molecular flexibility index (Phi) is 10.7. The Morgan fingerprint density at radius 3 is 2.10 bits per heavy atom. The summed E-state index contributed by atoms with van der Waals surface area (Å²) in [6, 6.07) is 21.6. The molecule has 0 aliphatic rings. The zero-order valence-corrected chi connectivity index (χ0v) is 25.3. The number of anilines is 1. The van der Waals surface area contributed by atoms with Gasteiger partial charge in [0.1, 0.15) is 12.6 Å². The van der Waals surface area contributed by atoms with E-state index in [2.05, 4.69) is 21.2 Å². The fourth-order valence-electron chi connectivity index (χ4n) is 4.41. The summed E-state index contributed by atoms with van der Waals surface area (Å²) in [7, 11) is -3.80. The number of aryl methyl sites for hydroxylation is 2. The molecule has 1 atom stereocenters. The molecule has 0 fully saturated rings. The Morgan fingerprint density at radius 1 is 0.923 bits per heavy atom. The van der Waals surface area contributed by atoms with Gasteiger partial charge in [-0.1, -0.05) is 71.4 Å². The second-order valence-corrected chi connectivity index (χ2v) is 12.6.